The van der Waals surface area contributed by atoms with Crippen molar-refractivity contribution in [3.05, 3.63) is 126 Å². The monoisotopic (exact) mass is 466 g/mol. The van der Waals surface area contributed by atoms with E-state index in [0.717, 1.165) is 20.9 Å². The normalized spacial score (nSPS) is 12.6. The lowest BCUT2D eigenvalue weighted by molar-refractivity contribution is 0.0467. The number of allylic oxidation sites excluding steroid dienone is 4. The number of oxazole rings is 1. The zero-order valence-corrected chi connectivity index (χ0v) is 19.2. The van der Waals surface area contributed by atoms with E-state index in [4.69, 9.17) is 9.15 Å². The average molecular weight is 467 g/mol. The first-order valence-electron chi connectivity index (χ1n) is 10.9. The number of esters is 1. The van der Waals surface area contributed by atoms with Crippen LogP contribution in [0.1, 0.15) is 20.9 Å². The van der Waals surface area contributed by atoms with Crippen LogP contribution in [0, 0.1) is 0 Å². The molecule has 1 aliphatic heterocycles. The molecule has 0 N–H and O–H groups in total. The molecule has 2 aromatic heterocycles. The molecule has 0 amide bonds. The molecule has 0 bridgehead atoms. The fourth-order valence-electron chi connectivity index (χ4n) is 3.49. The SMILES string of the molecule is O=C(OCc1ccccc1)c1nc(-c2ccccc2)oc1-c1ccc(CN2C=CC=CC=C2)s1. The standard InChI is InChI=1S/C28H22N2O3S/c31-28(32-20-21-11-5-3-6-12-21)25-26(33-27(29-25)22-13-7-4-8-14-22)24-16-15-23(34-24)19-30-17-9-1-2-10-18-30/h1-18H,19-20H2. The van der Waals surface area contributed by atoms with E-state index in [-0.39, 0.29) is 12.3 Å². The molecule has 0 aliphatic carbocycles. The lowest BCUT2D eigenvalue weighted by Crippen LogP contribution is -2.07. The number of carbonyl (C=O) groups is 1. The van der Waals surface area contributed by atoms with Crippen molar-refractivity contribution in [2.24, 2.45) is 0 Å². The van der Waals surface area contributed by atoms with E-state index in [1.807, 2.05) is 110 Å². The minimum absolute atomic E-state index is 0.171. The number of carbonyl (C=O) groups excluding carboxylic acids is 1. The van der Waals surface area contributed by atoms with E-state index >= 15 is 0 Å². The highest BCUT2D eigenvalue weighted by molar-refractivity contribution is 7.15. The van der Waals surface area contributed by atoms with Gasteiger partial charge in [0.2, 0.25) is 5.89 Å². The van der Waals surface area contributed by atoms with Crippen LogP contribution in [0.15, 0.2) is 114 Å². The summed E-state index contributed by atoms with van der Waals surface area (Å²) in [4.78, 5) is 21.6. The van der Waals surface area contributed by atoms with Crippen molar-refractivity contribution in [1.29, 1.82) is 0 Å². The Kier molecular flexibility index (Phi) is 6.49. The van der Waals surface area contributed by atoms with Gasteiger partial charge in [0.05, 0.1) is 11.4 Å². The summed E-state index contributed by atoms with van der Waals surface area (Å²) in [7, 11) is 0. The fraction of sp³-hybridized carbons (Fsp3) is 0.0714. The maximum atomic E-state index is 13.0. The van der Waals surface area contributed by atoms with E-state index in [1.54, 1.807) is 11.3 Å². The maximum Gasteiger partial charge on any atom is 0.361 e. The van der Waals surface area contributed by atoms with Gasteiger partial charge >= 0.3 is 5.97 Å². The molecular formula is C28H22N2O3S. The highest BCUT2D eigenvalue weighted by Gasteiger charge is 2.25. The van der Waals surface area contributed by atoms with Crippen LogP contribution in [-0.4, -0.2) is 15.9 Å². The van der Waals surface area contributed by atoms with Crippen LogP contribution in [0.5, 0.6) is 0 Å². The summed E-state index contributed by atoms with van der Waals surface area (Å²) < 4.78 is 11.7. The molecule has 0 saturated carbocycles. The Morgan fingerprint density at radius 3 is 2.32 bits per heavy atom. The van der Waals surface area contributed by atoms with Gasteiger partial charge in [0.1, 0.15) is 6.61 Å². The molecule has 0 unspecified atom stereocenters. The van der Waals surface area contributed by atoms with Crippen LogP contribution < -0.4 is 0 Å². The summed E-state index contributed by atoms with van der Waals surface area (Å²) >= 11 is 1.57. The third-order valence-corrected chi connectivity index (χ3v) is 6.24. The number of hydrogen-bond acceptors (Lipinski definition) is 6. The molecule has 0 atom stereocenters. The van der Waals surface area contributed by atoms with Crippen LogP contribution in [0.25, 0.3) is 22.1 Å². The lowest BCUT2D eigenvalue weighted by Gasteiger charge is -2.12. The molecule has 2 aromatic carbocycles. The van der Waals surface area contributed by atoms with Gasteiger partial charge in [-0.25, -0.2) is 9.78 Å². The van der Waals surface area contributed by atoms with Crippen LogP contribution >= 0.6 is 11.3 Å². The van der Waals surface area contributed by atoms with Crippen molar-refractivity contribution in [2.45, 2.75) is 13.2 Å². The number of ether oxygens (including phenoxy) is 1. The van der Waals surface area contributed by atoms with Crippen molar-refractivity contribution < 1.29 is 13.9 Å². The summed E-state index contributed by atoms with van der Waals surface area (Å²) in [6, 6.07) is 23.1. The van der Waals surface area contributed by atoms with E-state index < -0.39 is 5.97 Å². The number of rotatable bonds is 7. The Balaban J connectivity index is 1.43. The highest BCUT2D eigenvalue weighted by Crippen LogP contribution is 2.35. The third kappa shape index (κ3) is 5.08. The van der Waals surface area contributed by atoms with Gasteiger partial charge in [-0.1, -0.05) is 60.7 Å². The third-order valence-electron chi connectivity index (χ3n) is 5.17. The van der Waals surface area contributed by atoms with Crippen LogP contribution in [0.2, 0.25) is 0 Å². The first-order chi connectivity index (χ1) is 16.8. The molecule has 0 saturated heterocycles. The van der Waals surface area contributed by atoms with E-state index in [0.29, 0.717) is 18.2 Å². The Labute approximate surface area is 202 Å². The first kappa shape index (κ1) is 21.7. The second-order valence-corrected chi connectivity index (χ2v) is 8.80. The minimum atomic E-state index is -0.510. The molecule has 0 spiro atoms. The summed E-state index contributed by atoms with van der Waals surface area (Å²) in [5, 5.41) is 0. The van der Waals surface area contributed by atoms with Gasteiger partial charge < -0.3 is 14.1 Å². The maximum absolute atomic E-state index is 13.0. The Morgan fingerprint density at radius 2 is 1.59 bits per heavy atom. The van der Waals surface area contributed by atoms with Gasteiger partial charge in [-0.15, -0.1) is 11.3 Å². The molecule has 0 radical (unpaired) electrons. The van der Waals surface area contributed by atoms with Crippen LogP contribution in [0.4, 0.5) is 0 Å². The second kappa shape index (κ2) is 10.2. The van der Waals surface area contributed by atoms with Crippen LogP contribution in [-0.2, 0) is 17.9 Å². The van der Waals surface area contributed by atoms with Gasteiger partial charge in [-0.3, -0.25) is 0 Å². The average Bonchev–Trinajstić information content (AvgIpc) is 3.45. The fourth-order valence-corrected chi connectivity index (χ4v) is 4.49. The summed E-state index contributed by atoms with van der Waals surface area (Å²) in [5.41, 5.74) is 1.90. The lowest BCUT2D eigenvalue weighted by atomic mass is 10.2. The van der Waals surface area contributed by atoms with Crippen molar-refractivity contribution in [3.8, 4) is 22.1 Å². The molecule has 5 rings (SSSR count). The minimum Gasteiger partial charge on any atom is -0.456 e. The Morgan fingerprint density at radius 1 is 0.882 bits per heavy atom. The number of thiophene rings is 1. The smallest absolute Gasteiger partial charge is 0.361 e. The largest absolute Gasteiger partial charge is 0.456 e. The summed E-state index contributed by atoms with van der Waals surface area (Å²) in [6.45, 7) is 0.886. The molecular weight excluding hydrogens is 444 g/mol. The molecule has 3 heterocycles. The Bertz CT molecular complexity index is 1330. The number of hydrogen-bond donors (Lipinski definition) is 0. The highest BCUT2D eigenvalue weighted by atomic mass is 32.1. The van der Waals surface area contributed by atoms with Gasteiger partial charge in [-0.05, 0) is 42.0 Å². The molecule has 1 aliphatic rings. The summed E-state index contributed by atoms with van der Waals surface area (Å²) in [6.07, 6.45) is 12.0. The van der Waals surface area contributed by atoms with E-state index in [9.17, 15) is 4.79 Å². The van der Waals surface area contributed by atoms with Gasteiger partial charge in [0.15, 0.2) is 11.5 Å². The van der Waals surface area contributed by atoms with Crippen LogP contribution in [0.3, 0.4) is 0 Å². The zero-order chi connectivity index (χ0) is 23.2. The number of aromatic nitrogens is 1. The van der Waals surface area contributed by atoms with Gasteiger partial charge in [0, 0.05) is 22.8 Å². The van der Waals surface area contributed by atoms with Crippen molar-refractivity contribution in [2.75, 3.05) is 0 Å². The van der Waals surface area contributed by atoms with Crippen molar-refractivity contribution in [1.82, 2.24) is 9.88 Å². The molecule has 6 heteroatoms. The topological polar surface area (TPSA) is 55.6 Å². The number of benzene rings is 2. The van der Waals surface area contributed by atoms with E-state index in [2.05, 4.69) is 9.88 Å². The van der Waals surface area contributed by atoms with Crippen molar-refractivity contribution >= 4 is 17.3 Å². The Hall–Kier alpha value is -4.16. The molecule has 4 aromatic rings. The van der Waals surface area contributed by atoms with Crippen molar-refractivity contribution in [3.63, 3.8) is 0 Å². The van der Waals surface area contributed by atoms with Gasteiger partial charge in [-0.2, -0.15) is 0 Å². The molecule has 0 fully saturated rings. The van der Waals surface area contributed by atoms with Gasteiger partial charge in [0.25, 0.3) is 0 Å². The molecule has 168 valence electrons. The van der Waals surface area contributed by atoms with E-state index in [1.165, 1.54) is 0 Å². The zero-order valence-electron chi connectivity index (χ0n) is 18.3. The quantitative estimate of drug-likeness (QED) is 0.280. The molecule has 34 heavy (non-hydrogen) atoms. The second-order valence-electron chi connectivity index (χ2n) is 7.63. The number of nitrogens with zero attached hydrogens (tertiary/aromatic N) is 2. The first-order valence-corrected chi connectivity index (χ1v) is 11.7. The predicted octanol–water partition coefficient (Wildman–Crippen LogP) is 6.83. The summed E-state index contributed by atoms with van der Waals surface area (Å²) in [5.74, 6) is 0.308. The molecule has 5 nitrogen and oxygen atoms in total. The predicted molar refractivity (Wildman–Crippen MR) is 134 cm³/mol.